The van der Waals surface area contributed by atoms with E-state index in [9.17, 15) is 14.4 Å². The van der Waals surface area contributed by atoms with E-state index in [4.69, 9.17) is 9.15 Å². The minimum atomic E-state index is -0.587. The van der Waals surface area contributed by atoms with Crippen LogP contribution in [0.2, 0.25) is 0 Å². The summed E-state index contributed by atoms with van der Waals surface area (Å²) in [6.45, 7) is 3.75. The van der Waals surface area contributed by atoms with Crippen LogP contribution in [-0.4, -0.2) is 18.5 Å². The van der Waals surface area contributed by atoms with E-state index in [1.807, 2.05) is 0 Å². The highest BCUT2D eigenvalue weighted by molar-refractivity contribution is 7.18. The highest BCUT2D eigenvalue weighted by Gasteiger charge is 2.18. The van der Waals surface area contributed by atoms with Crippen molar-refractivity contribution in [2.24, 2.45) is 0 Å². The van der Waals surface area contributed by atoms with Gasteiger partial charge in [0, 0.05) is 0 Å². The summed E-state index contributed by atoms with van der Waals surface area (Å²) >= 11 is 1.10. The summed E-state index contributed by atoms with van der Waals surface area (Å²) in [5.74, 6) is -1.02. The Kier molecular flexibility index (Phi) is 4.67. The second kappa shape index (κ2) is 6.90. The average molecular weight is 357 g/mol. The Hall–Kier alpha value is -2.93. The zero-order valence-corrected chi connectivity index (χ0v) is 14.4. The maximum Gasteiger partial charge on any atom is 0.348 e. The van der Waals surface area contributed by atoms with E-state index in [0.29, 0.717) is 26.4 Å². The predicted molar refractivity (Wildman–Crippen MR) is 95.4 cm³/mol. The Labute approximate surface area is 147 Å². The number of amides is 1. The van der Waals surface area contributed by atoms with Gasteiger partial charge in [-0.25, -0.2) is 4.79 Å². The van der Waals surface area contributed by atoms with Crippen molar-refractivity contribution in [2.75, 3.05) is 11.9 Å². The molecule has 6 nitrogen and oxygen atoms in total. The highest BCUT2D eigenvalue weighted by atomic mass is 32.1. The maximum absolute atomic E-state index is 12.4. The average Bonchev–Trinajstić information content (AvgIpc) is 2.96. The van der Waals surface area contributed by atoms with Gasteiger partial charge in [-0.15, -0.1) is 11.3 Å². The van der Waals surface area contributed by atoms with Crippen molar-refractivity contribution in [2.45, 2.75) is 13.8 Å². The van der Waals surface area contributed by atoms with Crippen LogP contribution in [0.15, 0.2) is 45.8 Å². The van der Waals surface area contributed by atoms with Crippen LogP contribution in [0.25, 0.3) is 11.0 Å². The van der Waals surface area contributed by atoms with E-state index < -0.39 is 17.3 Å². The third-order valence-electron chi connectivity index (χ3n) is 3.54. The summed E-state index contributed by atoms with van der Waals surface area (Å²) in [6.07, 6.45) is 1.15. The van der Waals surface area contributed by atoms with Crippen LogP contribution in [-0.2, 0) is 4.74 Å². The minimum Gasteiger partial charge on any atom is -0.463 e. The van der Waals surface area contributed by atoms with Gasteiger partial charge in [-0.3, -0.25) is 9.59 Å². The summed E-state index contributed by atoms with van der Waals surface area (Å²) in [6, 6.07) is 8.38. The molecule has 1 amide bonds. The number of carbonyl (C=O) groups is 2. The quantitative estimate of drug-likeness (QED) is 0.721. The molecule has 0 saturated heterocycles. The summed E-state index contributed by atoms with van der Waals surface area (Å²) in [7, 11) is 0. The Morgan fingerprint density at radius 1 is 1.28 bits per heavy atom. The van der Waals surface area contributed by atoms with Gasteiger partial charge in [-0.1, -0.05) is 12.1 Å². The molecule has 0 spiro atoms. The number of thiophene rings is 1. The summed E-state index contributed by atoms with van der Waals surface area (Å²) < 4.78 is 10.3. The molecule has 1 N–H and O–H groups in total. The molecule has 128 valence electrons. The number of anilines is 1. The fourth-order valence-corrected chi connectivity index (χ4v) is 3.32. The first-order chi connectivity index (χ1) is 12.0. The van der Waals surface area contributed by atoms with E-state index in [2.05, 4.69) is 5.32 Å². The van der Waals surface area contributed by atoms with Gasteiger partial charge >= 0.3 is 5.97 Å². The molecule has 7 heteroatoms. The molecule has 1 aromatic carbocycles. The molecule has 3 rings (SSSR count). The largest absolute Gasteiger partial charge is 0.463 e. The lowest BCUT2D eigenvalue weighted by Crippen LogP contribution is -2.20. The van der Waals surface area contributed by atoms with Gasteiger partial charge in [0.05, 0.1) is 17.0 Å². The Bertz CT molecular complexity index is 1020. The molecule has 0 aliphatic carbocycles. The molecule has 0 saturated carbocycles. The smallest absolute Gasteiger partial charge is 0.348 e. The van der Waals surface area contributed by atoms with Crippen molar-refractivity contribution in [3.05, 3.63) is 62.8 Å². The normalized spacial score (nSPS) is 10.6. The topological polar surface area (TPSA) is 85.6 Å². The Morgan fingerprint density at radius 2 is 2.04 bits per heavy atom. The van der Waals surface area contributed by atoms with Crippen LogP contribution in [0.4, 0.5) is 5.00 Å². The lowest BCUT2D eigenvalue weighted by Gasteiger charge is -2.03. The van der Waals surface area contributed by atoms with Gasteiger partial charge in [0.25, 0.3) is 5.91 Å². The van der Waals surface area contributed by atoms with Crippen molar-refractivity contribution < 1.29 is 18.7 Å². The molecule has 0 atom stereocenters. The predicted octanol–water partition coefficient (Wildman–Crippen LogP) is 3.59. The van der Waals surface area contributed by atoms with Crippen molar-refractivity contribution in [3.63, 3.8) is 0 Å². The minimum absolute atomic E-state index is 0.0950. The molecule has 2 aromatic heterocycles. The molecule has 0 unspecified atom stereocenters. The van der Waals surface area contributed by atoms with Gasteiger partial charge in [0.2, 0.25) is 5.43 Å². The first-order valence-corrected chi connectivity index (χ1v) is 8.42. The van der Waals surface area contributed by atoms with E-state index >= 15 is 0 Å². The molecule has 0 radical (unpaired) electrons. The van der Waals surface area contributed by atoms with Gasteiger partial charge in [0.15, 0.2) is 0 Å². The van der Waals surface area contributed by atoms with Crippen LogP contribution in [0.1, 0.15) is 32.5 Å². The first-order valence-electron chi connectivity index (χ1n) is 7.60. The fraction of sp³-hybridized carbons (Fsp3) is 0.167. The monoisotopic (exact) mass is 357 g/mol. The standard InChI is InChI=1S/C18H15NO5S/c1-3-23-18(22)16-10(2)8-14(25-16)19-17(21)12-9-24-13-7-5-4-6-11(13)15(12)20/h4-9H,3H2,1-2H3,(H,19,21). The van der Waals surface area contributed by atoms with Crippen LogP contribution in [0.5, 0.6) is 0 Å². The number of aryl methyl sites for hydroxylation is 1. The number of hydrogen-bond donors (Lipinski definition) is 1. The summed E-state index contributed by atoms with van der Waals surface area (Å²) in [5, 5.41) is 3.43. The van der Waals surface area contributed by atoms with Crippen molar-refractivity contribution in [3.8, 4) is 0 Å². The molecule has 0 bridgehead atoms. The number of para-hydroxylation sites is 1. The molecule has 3 aromatic rings. The molecular weight excluding hydrogens is 342 g/mol. The van der Waals surface area contributed by atoms with Crippen LogP contribution >= 0.6 is 11.3 Å². The molecular formula is C18H15NO5S. The third-order valence-corrected chi connectivity index (χ3v) is 4.67. The number of esters is 1. The van der Waals surface area contributed by atoms with E-state index in [0.717, 1.165) is 17.6 Å². The van der Waals surface area contributed by atoms with Gasteiger partial charge in [0.1, 0.15) is 22.3 Å². The number of hydrogen-bond acceptors (Lipinski definition) is 6. The number of fused-ring (bicyclic) bond motifs is 1. The zero-order valence-electron chi connectivity index (χ0n) is 13.6. The number of rotatable bonds is 4. The molecule has 2 heterocycles. The number of benzene rings is 1. The lowest BCUT2D eigenvalue weighted by atomic mass is 10.1. The second-order valence-electron chi connectivity index (χ2n) is 5.27. The SMILES string of the molecule is CCOC(=O)c1sc(NC(=O)c2coc3ccccc3c2=O)cc1C. The summed E-state index contributed by atoms with van der Waals surface area (Å²) in [5.41, 5.74) is 0.616. The fourth-order valence-electron chi connectivity index (χ4n) is 2.36. The molecule has 0 aliphatic heterocycles. The molecule has 25 heavy (non-hydrogen) atoms. The number of ether oxygens (including phenoxy) is 1. The highest BCUT2D eigenvalue weighted by Crippen LogP contribution is 2.27. The Morgan fingerprint density at radius 3 is 2.80 bits per heavy atom. The molecule has 0 aliphatic rings. The van der Waals surface area contributed by atoms with Gasteiger partial charge in [-0.2, -0.15) is 0 Å². The summed E-state index contributed by atoms with van der Waals surface area (Å²) in [4.78, 5) is 37.1. The van der Waals surface area contributed by atoms with Crippen molar-refractivity contribution in [1.29, 1.82) is 0 Å². The Balaban J connectivity index is 1.88. The first kappa shape index (κ1) is 16.9. The van der Waals surface area contributed by atoms with E-state index in [-0.39, 0.29) is 12.2 Å². The third kappa shape index (κ3) is 3.32. The van der Waals surface area contributed by atoms with Crippen LogP contribution < -0.4 is 10.7 Å². The number of nitrogens with one attached hydrogen (secondary N) is 1. The van der Waals surface area contributed by atoms with Crippen molar-refractivity contribution in [1.82, 2.24) is 0 Å². The van der Waals surface area contributed by atoms with Crippen LogP contribution in [0.3, 0.4) is 0 Å². The van der Waals surface area contributed by atoms with E-state index in [1.54, 1.807) is 44.2 Å². The second-order valence-corrected chi connectivity index (χ2v) is 6.32. The number of carbonyl (C=O) groups excluding carboxylic acids is 2. The molecule has 0 fully saturated rings. The van der Waals surface area contributed by atoms with Crippen LogP contribution in [0, 0.1) is 6.92 Å². The zero-order chi connectivity index (χ0) is 18.0. The van der Waals surface area contributed by atoms with Gasteiger partial charge in [-0.05, 0) is 37.6 Å². The van der Waals surface area contributed by atoms with E-state index in [1.165, 1.54) is 0 Å². The van der Waals surface area contributed by atoms with Crippen molar-refractivity contribution >= 4 is 39.2 Å². The van der Waals surface area contributed by atoms with Gasteiger partial charge < -0.3 is 14.5 Å². The lowest BCUT2D eigenvalue weighted by molar-refractivity contribution is 0.0531. The maximum atomic E-state index is 12.4.